The fraction of sp³-hybridized carbons (Fsp3) is 0.556. The number of amides is 2. The quantitative estimate of drug-likeness (QED) is 0.106. The van der Waals surface area contributed by atoms with Crippen molar-refractivity contribution >= 4 is 55.1 Å². The summed E-state index contributed by atoms with van der Waals surface area (Å²) in [4.78, 5) is 49.6. The number of nitrogens with one attached hydrogen (secondary N) is 4. The molecule has 8 heterocycles. The van der Waals surface area contributed by atoms with Crippen molar-refractivity contribution < 1.29 is 36.6 Å². The van der Waals surface area contributed by atoms with Crippen LogP contribution in [0.5, 0.6) is 0 Å². The molecule has 2 amide bonds. The summed E-state index contributed by atoms with van der Waals surface area (Å²) in [5, 5.41) is 25.7. The highest BCUT2D eigenvalue weighted by Crippen LogP contribution is 2.42. The minimum Gasteiger partial charge on any atom is -0.394 e. The first-order valence-corrected chi connectivity index (χ1v) is 28.6. The number of hydrogen-bond donors (Lipinski definition) is 6. The Kier molecular flexibility index (Phi) is 16.3. The molecule has 4 aromatic heterocycles. The monoisotopic (exact) mass is 1060 g/mol. The molecule has 0 radical (unpaired) electrons. The molecule has 2 fully saturated rings. The standard InChI is InChI=1S/C27H39N5O5S.C27H37N5O3S/c1-26(2,3)21-12-11-20-24(29-21)32-15-17(14-27(32,4)5)9-10-18(13-19(34)16-33)28-22-7-6-8-23(30-22)38(36,37)31-25(20)35;1-7-9-19-13-12-18-16-27(5,6)32(17-18)24-20(14-15-21(29-24)26(2,3)4)25(33)31-36(34,35)23-11-8-10-22(28-19)30-23/h6-8,11-12,17-19,33-34H,9-10,13-16H2,1-5H3,(H,28,30)(H,31,35);7-8,10-11,14-15,18-19H,1,9,12-13,16-17H2,2-6H3,(H,28,30)(H,31,33)/t17-,18?,19?;18-,19?/m00/s1. The van der Waals surface area contributed by atoms with Gasteiger partial charge in [0.25, 0.3) is 31.9 Å². The Balaban J connectivity index is 0.000000217. The number of aromatic nitrogens is 4. The maximum absolute atomic E-state index is 13.5. The molecule has 0 spiro atoms. The Labute approximate surface area is 437 Å². The van der Waals surface area contributed by atoms with E-state index >= 15 is 0 Å². The molecule has 3 unspecified atom stereocenters. The molecule has 8 bridgehead atoms. The van der Waals surface area contributed by atoms with Crippen LogP contribution in [0.15, 0.2) is 83.4 Å². The summed E-state index contributed by atoms with van der Waals surface area (Å²) < 4.78 is 57.2. The Morgan fingerprint density at radius 3 is 1.49 bits per heavy atom. The Morgan fingerprint density at radius 1 is 0.662 bits per heavy atom. The molecule has 402 valence electrons. The van der Waals surface area contributed by atoms with Gasteiger partial charge in [0.05, 0.1) is 23.8 Å². The van der Waals surface area contributed by atoms with E-state index in [-0.39, 0.29) is 74.1 Å². The van der Waals surface area contributed by atoms with Gasteiger partial charge in [-0.2, -0.15) is 16.8 Å². The summed E-state index contributed by atoms with van der Waals surface area (Å²) in [5.74, 6) is 0.985. The second-order valence-corrected chi connectivity index (χ2v) is 26.9. The molecule has 4 aromatic rings. The highest BCUT2D eigenvalue weighted by molar-refractivity contribution is 7.90. The van der Waals surface area contributed by atoms with Crippen LogP contribution in [-0.2, 0) is 30.9 Å². The van der Waals surface area contributed by atoms with Crippen molar-refractivity contribution in [2.24, 2.45) is 11.8 Å². The summed E-state index contributed by atoms with van der Waals surface area (Å²) in [6.07, 6.45) is 7.15. The number of sulfonamides is 2. The van der Waals surface area contributed by atoms with Gasteiger partial charge in [0.1, 0.15) is 23.3 Å². The van der Waals surface area contributed by atoms with Crippen LogP contribution in [0.25, 0.3) is 0 Å². The maximum Gasteiger partial charge on any atom is 0.281 e. The van der Waals surface area contributed by atoms with Crippen molar-refractivity contribution in [3.63, 3.8) is 0 Å². The summed E-state index contributed by atoms with van der Waals surface area (Å²) in [6, 6.07) is 16.0. The van der Waals surface area contributed by atoms with E-state index in [1.807, 2.05) is 32.9 Å². The first-order chi connectivity index (χ1) is 34.5. The number of fused-ring (bicyclic) bond motifs is 12. The fourth-order valence-corrected chi connectivity index (χ4v) is 12.4. The highest BCUT2D eigenvalue weighted by atomic mass is 32.2. The van der Waals surface area contributed by atoms with E-state index in [9.17, 15) is 36.6 Å². The molecular formula is C54H76N10O8S2. The first-order valence-electron chi connectivity index (χ1n) is 25.6. The number of carbonyl (C=O) groups excluding carboxylic acids is 2. The minimum atomic E-state index is -4.28. The zero-order valence-corrected chi connectivity index (χ0v) is 46.2. The van der Waals surface area contributed by atoms with Gasteiger partial charge >= 0.3 is 0 Å². The van der Waals surface area contributed by atoms with Crippen molar-refractivity contribution in [2.45, 2.75) is 171 Å². The van der Waals surface area contributed by atoms with Crippen LogP contribution in [0.4, 0.5) is 23.3 Å². The van der Waals surface area contributed by atoms with Crippen LogP contribution in [0.3, 0.4) is 0 Å². The molecule has 4 aliphatic rings. The molecule has 8 rings (SSSR count). The lowest BCUT2D eigenvalue weighted by atomic mass is 9.90. The van der Waals surface area contributed by atoms with Crippen LogP contribution in [0, 0.1) is 11.8 Å². The third-order valence-corrected chi connectivity index (χ3v) is 16.9. The van der Waals surface area contributed by atoms with Gasteiger partial charge in [-0.15, -0.1) is 6.58 Å². The molecule has 6 N–H and O–H groups in total. The third kappa shape index (κ3) is 13.0. The number of aliphatic hydroxyl groups excluding tert-OH is 2. The lowest BCUT2D eigenvalue weighted by Gasteiger charge is -2.34. The van der Waals surface area contributed by atoms with Crippen LogP contribution in [-0.4, -0.2) is 108 Å². The van der Waals surface area contributed by atoms with Crippen molar-refractivity contribution in [3.05, 3.63) is 95.8 Å². The average Bonchev–Trinajstić information content (AvgIpc) is 3.80. The number of rotatable bonds is 5. The second-order valence-electron chi connectivity index (χ2n) is 23.6. The molecule has 74 heavy (non-hydrogen) atoms. The van der Waals surface area contributed by atoms with Crippen molar-refractivity contribution in [3.8, 4) is 0 Å². The Hall–Kier alpha value is -5.70. The fourth-order valence-electron chi connectivity index (χ4n) is 10.5. The van der Waals surface area contributed by atoms with E-state index in [1.54, 1.807) is 42.5 Å². The van der Waals surface area contributed by atoms with Gasteiger partial charge in [0, 0.05) is 58.5 Å². The molecule has 0 aromatic carbocycles. The Bertz CT molecular complexity index is 2950. The zero-order valence-electron chi connectivity index (χ0n) is 44.6. The highest BCUT2D eigenvalue weighted by Gasteiger charge is 2.43. The minimum absolute atomic E-state index is 0.0720. The molecule has 0 aliphatic carbocycles. The smallest absolute Gasteiger partial charge is 0.281 e. The van der Waals surface area contributed by atoms with Gasteiger partial charge in [0.2, 0.25) is 0 Å². The maximum atomic E-state index is 13.5. The average molecular weight is 1060 g/mol. The second kappa shape index (κ2) is 21.5. The number of aliphatic hydroxyl groups is 2. The van der Waals surface area contributed by atoms with Crippen molar-refractivity contribution in [2.75, 3.05) is 40.1 Å². The summed E-state index contributed by atoms with van der Waals surface area (Å²) in [5.41, 5.74) is 1.03. The summed E-state index contributed by atoms with van der Waals surface area (Å²) in [7, 11) is -8.48. The first kappa shape index (κ1) is 56.0. The van der Waals surface area contributed by atoms with Gasteiger partial charge < -0.3 is 30.6 Å². The third-order valence-electron chi connectivity index (χ3n) is 14.4. The topological polar surface area (TPSA) is 249 Å². The molecule has 0 saturated carbocycles. The lowest BCUT2D eigenvalue weighted by Crippen LogP contribution is -2.41. The van der Waals surface area contributed by atoms with Crippen molar-refractivity contribution in [1.82, 2.24) is 29.4 Å². The van der Waals surface area contributed by atoms with Gasteiger partial charge in [0.15, 0.2) is 10.1 Å². The number of hydrogen-bond acceptors (Lipinski definition) is 16. The molecule has 5 atom stereocenters. The predicted octanol–water partition coefficient (Wildman–Crippen LogP) is 7.46. The van der Waals surface area contributed by atoms with E-state index in [0.29, 0.717) is 42.2 Å². The molecular weight excluding hydrogens is 981 g/mol. The van der Waals surface area contributed by atoms with E-state index in [2.05, 4.69) is 94.9 Å². The van der Waals surface area contributed by atoms with Crippen LogP contribution < -0.4 is 29.9 Å². The summed E-state index contributed by atoms with van der Waals surface area (Å²) >= 11 is 0. The molecule has 20 heteroatoms. The molecule has 18 nitrogen and oxygen atoms in total. The number of carbonyl (C=O) groups is 2. The van der Waals surface area contributed by atoms with Gasteiger partial charge in [-0.3, -0.25) is 9.59 Å². The number of anilines is 4. The predicted molar refractivity (Wildman–Crippen MR) is 289 cm³/mol. The summed E-state index contributed by atoms with van der Waals surface area (Å²) in [6.45, 7) is 25.8. The largest absolute Gasteiger partial charge is 0.394 e. The Morgan fingerprint density at radius 2 is 1.08 bits per heavy atom. The number of nitrogens with zero attached hydrogens (tertiary/aromatic N) is 6. The SMILES string of the molecule is C=CCC1CC[C@@H]2CN(c3nc(C(C)(C)C)ccc3C(=O)NS(=O)(=O)c3cccc(n3)N1)C(C)(C)C2.CC(C)(C)c1ccc2c(n1)N1C[C@@H](CCC(CC(O)CO)Nc3cccc(n3)S(=O)(=O)NC2=O)CC1(C)C. The lowest BCUT2D eigenvalue weighted by molar-refractivity contribution is 0.0830. The molecule has 4 aliphatic heterocycles. The van der Waals surface area contributed by atoms with Crippen molar-refractivity contribution in [1.29, 1.82) is 0 Å². The van der Waals surface area contributed by atoms with Crippen LogP contribution in [0.2, 0.25) is 0 Å². The molecule has 2 saturated heterocycles. The van der Waals surface area contributed by atoms with Gasteiger partial charge in [-0.1, -0.05) is 59.8 Å². The van der Waals surface area contributed by atoms with E-state index in [4.69, 9.17) is 9.97 Å². The van der Waals surface area contributed by atoms with Gasteiger partial charge in [-0.05, 0) is 139 Å². The van der Waals surface area contributed by atoms with Crippen LogP contribution >= 0.6 is 0 Å². The van der Waals surface area contributed by atoms with Crippen LogP contribution in [0.1, 0.15) is 153 Å². The normalized spacial score (nSPS) is 23.7. The zero-order chi connectivity index (χ0) is 54.2. The van der Waals surface area contributed by atoms with E-state index in [0.717, 1.165) is 56.5 Å². The van der Waals surface area contributed by atoms with E-state index in [1.165, 1.54) is 12.1 Å². The van der Waals surface area contributed by atoms with Gasteiger partial charge in [-0.25, -0.2) is 29.4 Å². The number of pyridine rings is 4. The van der Waals surface area contributed by atoms with E-state index < -0.39 is 38.0 Å².